The average molecular weight is 272 g/mol. The molecule has 1 heteroatoms. The SMILES string of the molecule is Cc1ccc(C(C#Cc2ccccc2)c2ccccc2)o1. The van der Waals surface area contributed by atoms with Gasteiger partial charge in [-0.2, -0.15) is 0 Å². The summed E-state index contributed by atoms with van der Waals surface area (Å²) in [5.41, 5.74) is 2.16. The van der Waals surface area contributed by atoms with Crippen LogP contribution in [-0.4, -0.2) is 0 Å². The summed E-state index contributed by atoms with van der Waals surface area (Å²) in [6.07, 6.45) is 0. The molecule has 0 aliphatic heterocycles. The first-order valence-corrected chi connectivity index (χ1v) is 7.01. The lowest BCUT2D eigenvalue weighted by molar-refractivity contribution is 0.483. The van der Waals surface area contributed by atoms with Gasteiger partial charge in [0.25, 0.3) is 0 Å². The molecule has 0 aliphatic carbocycles. The summed E-state index contributed by atoms with van der Waals surface area (Å²) >= 11 is 0. The van der Waals surface area contributed by atoms with Crippen molar-refractivity contribution in [3.8, 4) is 11.8 Å². The van der Waals surface area contributed by atoms with Crippen LogP contribution in [0.15, 0.2) is 77.2 Å². The molecule has 1 aromatic heterocycles. The third-order valence-electron chi connectivity index (χ3n) is 3.31. The lowest BCUT2D eigenvalue weighted by atomic mass is 9.97. The number of benzene rings is 2. The van der Waals surface area contributed by atoms with E-state index in [0.717, 1.165) is 22.6 Å². The van der Waals surface area contributed by atoms with Crippen LogP contribution in [0.1, 0.15) is 28.6 Å². The van der Waals surface area contributed by atoms with Crippen LogP contribution in [0, 0.1) is 18.8 Å². The fourth-order valence-electron chi connectivity index (χ4n) is 2.25. The Morgan fingerprint density at radius 1 is 0.810 bits per heavy atom. The predicted octanol–water partition coefficient (Wildman–Crippen LogP) is 4.77. The minimum atomic E-state index is -0.0416. The Labute approximate surface area is 125 Å². The molecule has 0 bridgehead atoms. The van der Waals surface area contributed by atoms with E-state index < -0.39 is 0 Å². The predicted molar refractivity (Wildman–Crippen MR) is 85.1 cm³/mol. The Morgan fingerprint density at radius 2 is 1.48 bits per heavy atom. The highest BCUT2D eigenvalue weighted by Crippen LogP contribution is 2.25. The summed E-state index contributed by atoms with van der Waals surface area (Å²) in [6, 6.07) is 24.3. The first-order chi connectivity index (χ1) is 10.3. The Bertz CT molecular complexity index is 758. The maximum absolute atomic E-state index is 5.79. The third-order valence-corrected chi connectivity index (χ3v) is 3.31. The Balaban J connectivity index is 2.00. The van der Waals surface area contributed by atoms with Crippen LogP contribution in [0.25, 0.3) is 0 Å². The second-order valence-electron chi connectivity index (χ2n) is 4.93. The minimum Gasteiger partial charge on any atom is -0.465 e. The van der Waals surface area contributed by atoms with Crippen molar-refractivity contribution in [2.45, 2.75) is 12.8 Å². The van der Waals surface area contributed by atoms with Crippen LogP contribution in [0.3, 0.4) is 0 Å². The van der Waals surface area contributed by atoms with Crippen molar-refractivity contribution in [1.82, 2.24) is 0 Å². The van der Waals surface area contributed by atoms with Gasteiger partial charge in [0.05, 0.1) is 0 Å². The van der Waals surface area contributed by atoms with Crippen LogP contribution in [0.2, 0.25) is 0 Å². The number of hydrogen-bond donors (Lipinski definition) is 0. The van der Waals surface area contributed by atoms with E-state index >= 15 is 0 Å². The van der Waals surface area contributed by atoms with E-state index in [-0.39, 0.29) is 5.92 Å². The molecule has 1 nitrogen and oxygen atoms in total. The highest BCUT2D eigenvalue weighted by molar-refractivity contribution is 5.42. The van der Waals surface area contributed by atoms with Crippen molar-refractivity contribution in [3.63, 3.8) is 0 Å². The fourth-order valence-corrected chi connectivity index (χ4v) is 2.25. The largest absolute Gasteiger partial charge is 0.465 e. The van der Waals surface area contributed by atoms with E-state index in [2.05, 4.69) is 24.0 Å². The van der Waals surface area contributed by atoms with E-state index in [1.54, 1.807) is 0 Å². The van der Waals surface area contributed by atoms with E-state index in [1.165, 1.54) is 0 Å². The smallest absolute Gasteiger partial charge is 0.123 e. The van der Waals surface area contributed by atoms with Gasteiger partial charge in [-0.3, -0.25) is 0 Å². The van der Waals surface area contributed by atoms with Gasteiger partial charge >= 0.3 is 0 Å². The fraction of sp³-hybridized carbons (Fsp3) is 0.100. The molecular weight excluding hydrogens is 256 g/mol. The lowest BCUT2D eigenvalue weighted by Crippen LogP contribution is -1.96. The summed E-state index contributed by atoms with van der Waals surface area (Å²) in [4.78, 5) is 0. The van der Waals surface area contributed by atoms with Gasteiger partial charge in [0, 0.05) is 5.56 Å². The summed E-state index contributed by atoms with van der Waals surface area (Å²) in [5, 5.41) is 0. The highest BCUT2D eigenvalue weighted by atomic mass is 16.3. The molecule has 0 fully saturated rings. The molecule has 0 saturated heterocycles. The van der Waals surface area contributed by atoms with Crippen molar-refractivity contribution in [3.05, 3.63) is 95.4 Å². The second kappa shape index (κ2) is 6.15. The average Bonchev–Trinajstić information content (AvgIpc) is 2.96. The van der Waals surface area contributed by atoms with Crippen molar-refractivity contribution >= 4 is 0 Å². The minimum absolute atomic E-state index is 0.0416. The standard InChI is InChI=1S/C20H16O/c1-16-12-15-20(21-16)19(18-10-6-3-7-11-18)14-13-17-8-4-2-5-9-17/h2-12,15,19H,1H3. The molecule has 2 aromatic carbocycles. The normalized spacial score (nSPS) is 11.5. The van der Waals surface area contributed by atoms with Crippen LogP contribution in [0.4, 0.5) is 0 Å². The molecule has 0 saturated carbocycles. The van der Waals surface area contributed by atoms with Gasteiger partial charge in [0.2, 0.25) is 0 Å². The number of furan rings is 1. The highest BCUT2D eigenvalue weighted by Gasteiger charge is 2.14. The summed E-state index contributed by atoms with van der Waals surface area (Å²) in [6.45, 7) is 1.95. The molecule has 0 amide bonds. The van der Waals surface area contributed by atoms with Crippen LogP contribution in [-0.2, 0) is 0 Å². The molecule has 3 rings (SSSR count). The molecule has 102 valence electrons. The van der Waals surface area contributed by atoms with Gasteiger partial charge in [-0.05, 0) is 36.8 Å². The molecule has 0 spiro atoms. The van der Waals surface area contributed by atoms with Gasteiger partial charge in [-0.15, -0.1) is 0 Å². The summed E-state index contributed by atoms with van der Waals surface area (Å²) in [7, 11) is 0. The monoisotopic (exact) mass is 272 g/mol. The van der Waals surface area contributed by atoms with Gasteiger partial charge in [-0.25, -0.2) is 0 Å². The molecule has 0 N–H and O–H groups in total. The van der Waals surface area contributed by atoms with E-state index in [9.17, 15) is 0 Å². The number of hydrogen-bond acceptors (Lipinski definition) is 1. The Morgan fingerprint density at radius 3 is 2.10 bits per heavy atom. The molecule has 0 radical (unpaired) electrons. The van der Waals surface area contributed by atoms with Crippen LogP contribution in [0.5, 0.6) is 0 Å². The van der Waals surface area contributed by atoms with Gasteiger partial charge in [0.15, 0.2) is 0 Å². The van der Waals surface area contributed by atoms with Crippen molar-refractivity contribution < 1.29 is 4.42 Å². The topological polar surface area (TPSA) is 13.1 Å². The second-order valence-corrected chi connectivity index (χ2v) is 4.93. The maximum Gasteiger partial charge on any atom is 0.123 e. The van der Waals surface area contributed by atoms with Crippen molar-refractivity contribution in [2.24, 2.45) is 0 Å². The summed E-state index contributed by atoms with van der Waals surface area (Å²) < 4.78 is 5.79. The van der Waals surface area contributed by atoms with Gasteiger partial charge in [0.1, 0.15) is 17.4 Å². The Kier molecular flexibility index (Phi) is 3.89. The first kappa shape index (κ1) is 13.3. The van der Waals surface area contributed by atoms with E-state index in [0.29, 0.717) is 0 Å². The van der Waals surface area contributed by atoms with Crippen molar-refractivity contribution in [1.29, 1.82) is 0 Å². The van der Waals surface area contributed by atoms with E-state index in [4.69, 9.17) is 4.42 Å². The molecule has 3 aromatic rings. The third kappa shape index (κ3) is 3.24. The van der Waals surface area contributed by atoms with Crippen molar-refractivity contribution in [2.75, 3.05) is 0 Å². The Hall–Kier alpha value is -2.72. The quantitative estimate of drug-likeness (QED) is 0.612. The zero-order chi connectivity index (χ0) is 14.5. The van der Waals surface area contributed by atoms with E-state index in [1.807, 2.05) is 67.6 Å². The molecule has 1 unspecified atom stereocenters. The molecular formula is C20H16O. The number of aryl methyl sites for hydroxylation is 1. The molecule has 0 aliphatic rings. The van der Waals surface area contributed by atoms with Gasteiger partial charge < -0.3 is 4.42 Å². The zero-order valence-corrected chi connectivity index (χ0v) is 11.9. The number of rotatable bonds is 2. The van der Waals surface area contributed by atoms with Gasteiger partial charge in [-0.1, -0.05) is 60.4 Å². The summed E-state index contributed by atoms with van der Waals surface area (Å²) in [5.74, 6) is 8.34. The van der Waals surface area contributed by atoms with Crippen LogP contribution >= 0.6 is 0 Å². The van der Waals surface area contributed by atoms with Crippen LogP contribution < -0.4 is 0 Å². The first-order valence-electron chi connectivity index (χ1n) is 7.01. The maximum atomic E-state index is 5.79. The lowest BCUT2D eigenvalue weighted by Gasteiger charge is -2.08. The zero-order valence-electron chi connectivity index (χ0n) is 11.9. The molecule has 1 heterocycles. The molecule has 21 heavy (non-hydrogen) atoms. The molecule has 1 atom stereocenters.